The van der Waals surface area contributed by atoms with Crippen LogP contribution in [0.5, 0.6) is 0 Å². The van der Waals surface area contributed by atoms with Crippen LogP contribution < -0.4 is 5.32 Å². The van der Waals surface area contributed by atoms with Crippen molar-refractivity contribution in [1.29, 1.82) is 0 Å². The lowest BCUT2D eigenvalue weighted by atomic mass is 10.1. The lowest BCUT2D eigenvalue weighted by Gasteiger charge is -2.34. The second-order valence-electron chi connectivity index (χ2n) is 5.15. The van der Waals surface area contributed by atoms with E-state index in [1.54, 1.807) is 0 Å². The number of hydrogen-bond donors (Lipinski definition) is 1. The Morgan fingerprint density at radius 3 is 2.71 bits per heavy atom. The van der Waals surface area contributed by atoms with E-state index >= 15 is 0 Å². The first-order chi connectivity index (χ1) is 9.96. The highest BCUT2D eigenvalue weighted by atomic mass is 32.2. The van der Waals surface area contributed by atoms with Crippen molar-refractivity contribution in [3.05, 3.63) is 29.8 Å². The van der Waals surface area contributed by atoms with Crippen molar-refractivity contribution >= 4 is 10.0 Å². The Balaban J connectivity index is 2.28. The first-order valence-corrected chi connectivity index (χ1v) is 8.58. The van der Waals surface area contributed by atoms with Crippen molar-refractivity contribution in [2.45, 2.75) is 37.1 Å². The van der Waals surface area contributed by atoms with Gasteiger partial charge in [-0.05, 0) is 37.6 Å². The molecular formula is C14H20F2N2O2S. The van der Waals surface area contributed by atoms with Crippen LogP contribution in [0.4, 0.5) is 8.78 Å². The van der Waals surface area contributed by atoms with Gasteiger partial charge in [0.25, 0.3) is 0 Å². The molecule has 1 fully saturated rings. The van der Waals surface area contributed by atoms with E-state index in [2.05, 4.69) is 5.32 Å². The number of rotatable bonds is 5. The summed E-state index contributed by atoms with van der Waals surface area (Å²) in [5.74, 6) is -2.19. The summed E-state index contributed by atoms with van der Waals surface area (Å²) in [6.07, 6.45) is 2.53. The number of benzene rings is 1. The molecule has 1 aliphatic heterocycles. The number of nitrogens with zero attached hydrogens (tertiary/aromatic N) is 1. The van der Waals surface area contributed by atoms with Crippen molar-refractivity contribution in [2.24, 2.45) is 0 Å². The number of nitrogens with one attached hydrogen (secondary N) is 1. The molecule has 0 spiro atoms. The summed E-state index contributed by atoms with van der Waals surface area (Å²) in [7, 11) is -3.79. The number of halogens is 2. The molecule has 1 aromatic rings. The zero-order valence-electron chi connectivity index (χ0n) is 12.0. The van der Waals surface area contributed by atoms with Crippen LogP contribution in [0.15, 0.2) is 23.1 Å². The van der Waals surface area contributed by atoms with Crippen molar-refractivity contribution in [1.82, 2.24) is 9.62 Å². The zero-order chi connectivity index (χ0) is 15.5. The molecule has 1 saturated heterocycles. The number of sulfonamides is 1. The standard InChI is InChI=1S/C14H20F2N2O2S/c1-2-17-10-11-5-3-4-8-18(11)21(19,20)12-6-7-13(15)14(16)9-12/h6-7,9,11,17H,2-5,8,10H2,1H3. The van der Waals surface area contributed by atoms with Crippen LogP contribution >= 0.6 is 0 Å². The molecule has 0 amide bonds. The Labute approximate surface area is 124 Å². The van der Waals surface area contributed by atoms with Gasteiger partial charge < -0.3 is 5.32 Å². The monoisotopic (exact) mass is 318 g/mol. The molecule has 0 saturated carbocycles. The maximum absolute atomic E-state index is 13.3. The Bertz CT molecular complexity index is 593. The minimum Gasteiger partial charge on any atom is -0.315 e. The predicted molar refractivity (Wildman–Crippen MR) is 76.4 cm³/mol. The van der Waals surface area contributed by atoms with Crippen molar-refractivity contribution in [3.63, 3.8) is 0 Å². The lowest BCUT2D eigenvalue weighted by molar-refractivity contribution is 0.246. The molecule has 1 aliphatic rings. The highest BCUT2D eigenvalue weighted by Gasteiger charge is 2.33. The SMILES string of the molecule is CCNCC1CCCCN1S(=O)(=O)c1ccc(F)c(F)c1. The van der Waals surface area contributed by atoms with Crippen molar-refractivity contribution in [2.75, 3.05) is 19.6 Å². The Hall–Kier alpha value is -1.05. The molecule has 1 heterocycles. The summed E-state index contributed by atoms with van der Waals surface area (Å²) in [5, 5.41) is 3.15. The normalized spacial score (nSPS) is 20.6. The maximum Gasteiger partial charge on any atom is 0.243 e. The van der Waals surface area contributed by atoms with Crippen LogP contribution in [0.25, 0.3) is 0 Å². The van der Waals surface area contributed by atoms with Gasteiger partial charge in [0, 0.05) is 19.1 Å². The van der Waals surface area contributed by atoms with E-state index in [4.69, 9.17) is 0 Å². The first-order valence-electron chi connectivity index (χ1n) is 7.14. The van der Waals surface area contributed by atoms with Crippen molar-refractivity contribution in [3.8, 4) is 0 Å². The van der Waals surface area contributed by atoms with Crippen LogP contribution in [0.3, 0.4) is 0 Å². The van der Waals surface area contributed by atoms with E-state index < -0.39 is 21.7 Å². The van der Waals surface area contributed by atoms with Crippen LogP contribution in [0.2, 0.25) is 0 Å². The van der Waals surface area contributed by atoms with Gasteiger partial charge in [-0.15, -0.1) is 0 Å². The summed E-state index contributed by atoms with van der Waals surface area (Å²) < 4.78 is 53.0. The predicted octanol–water partition coefficient (Wildman–Crippen LogP) is 2.12. The van der Waals surface area contributed by atoms with Gasteiger partial charge in [0.05, 0.1) is 4.90 Å². The van der Waals surface area contributed by atoms with Crippen LogP contribution in [-0.2, 0) is 10.0 Å². The van der Waals surface area contributed by atoms with E-state index in [0.717, 1.165) is 44.0 Å². The molecule has 4 nitrogen and oxygen atoms in total. The fraction of sp³-hybridized carbons (Fsp3) is 0.571. The first kappa shape index (κ1) is 16.3. The molecule has 118 valence electrons. The maximum atomic E-state index is 13.3. The van der Waals surface area contributed by atoms with Crippen LogP contribution in [0, 0.1) is 11.6 Å². The summed E-state index contributed by atoms with van der Waals surface area (Å²) in [5.41, 5.74) is 0. The second-order valence-corrected chi connectivity index (χ2v) is 7.04. The average molecular weight is 318 g/mol. The molecule has 2 rings (SSSR count). The highest BCUT2D eigenvalue weighted by Crippen LogP contribution is 2.26. The van der Waals surface area contributed by atoms with Crippen molar-refractivity contribution < 1.29 is 17.2 Å². The molecule has 7 heteroatoms. The summed E-state index contributed by atoms with van der Waals surface area (Å²) >= 11 is 0. The van der Waals surface area contributed by atoms with Gasteiger partial charge in [-0.2, -0.15) is 4.31 Å². The van der Waals surface area contributed by atoms with E-state index in [1.165, 1.54) is 4.31 Å². The van der Waals surface area contributed by atoms with Gasteiger partial charge in [0.15, 0.2) is 11.6 Å². The molecular weight excluding hydrogens is 298 g/mol. The van der Waals surface area contributed by atoms with E-state index in [1.807, 2.05) is 6.92 Å². The van der Waals surface area contributed by atoms with Gasteiger partial charge in [-0.25, -0.2) is 17.2 Å². The average Bonchev–Trinajstić information content (AvgIpc) is 2.48. The van der Waals surface area contributed by atoms with E-state index in [-0.39, 0.29) is 10.9 Å². The third-order valence-corrected chi connectivity index (χ3v) is 5.65. The fourth-order valence-electron chi connectivity index (χ4n) is 2.58. The molecule has 21 heavy (non-hydrogen) atoms. The number of likely N-dealkylation sites (N-methyl/N-ethyl adjacent to an activating group) is 1. The minimum atomic E-state index is -3.79. The number of hydrogen-bond acceptors (Lipinski definition) is 3. The van der Waals surface area contributed by atoms with Gasteiger partial charge in [-0.3, -0.25) is 0 Å². The van der Waals surface area contributed by atoms with Crippen LogP contribution in [0.1, 0.15) is 26.2 Å². The van der Waals surface area contributed by atoms with Gasteiger partial charge in [-0.1, -0.05) is 13.3 Å². The molecule has 0 aromatic heterocycles. The fourth-order valence-corrected chi connectivity index (χ4v) is 4.28. The topological polar surface area (TPSA) is 49.4 Å². The van der Waals surface area contributed by atoms with Gasteiger partial charge >= 0.3 is 0 Å². The molecule has 1 aromatic carbocycles. The lowest BCUT2D eigenvalue weighted by Crippen LogP contribution is -2.48. The Morgan fingerprint density at radius 1 is 1.29 bits per heavy atom. The largest absolute Gasteiger partial charge is 0.315 e. The molecule has 1 unspecified atom stereocenters. The van der Waals surface area contributed by atoms with E-state index in [9.17, 15) is 17.2 Å². The molecule has 1 atom stereocenters. The minimum absolute atomic E-state index is 0.142. The Morgan fingerprint density at radius 2 is 2.05 bits per heavy atom. The highest BCUT2D eigenvalue weighted by molar-refractivity contribution is 7.89. The summed E-state index contributed by atoms with van der Waals surface area (Å²) in [6, 6.07) is 2.58. The summed E-state index contributed by atoms with van der Waals surface area (Å²) in [6.45, 7) is 3.70. The van der Waals surface area contributed by atoms with Gasteiger partial charge in [0.2, 0.25) is 10.0 Å². The molecule has 0 aliphatic carbocycles. The summed E-state index contributed by atoms with van der Waals surface area (Å²) in [4.78, 5) is -0.190. The molecule has 1 N–H and O–H groups in total. The number of piperidine rings is 1. The van der Waals surface area contributed by atoms with Gasteiger partial charge in [0.1, 0.15) is 0 Å². The molecule has 0 radical (unpaired) electrons. The smallest absolute Gasteiger partial charge is 0.243 e. The third kappa shape index (κ3) is 3.59. The van der Waals surface area contributed by atoms with E-state index in [0.29, 0.717) is 13.1 Å². The third-order valence-electron chi connectivity index (χ3n) is 3.70. The molecule has 0 bridgehead atoms. The Kier molecular flexibility index (Phi) is 5.29. The zero-order valence-corrected chi connectivity index (χ0v) is 12.8. The second kappa shape index (κ2) is 6.81. The quantitative estimate of drug-likeness (QED) is 0.905. The van der Waals surface area contributed by atoms with Crippen LogP contribution in [-0.4, -0.2) is 38.4 Å².